The van der Waals surface area contributed by atoms with Crippen molar-refractivity contribution in [1.29, 1.82) is 0 Å². The van der Waals surface area contributed by atoms with E-state index in [9.17, 15) is 10.1 Å². The molecule has 0 atom stereocenters. The lowest BCUT2D eigenvalue weighted by Gasteiger charge is -2.10. The van der Waals surface area contributed by atoms with Gasteiger partial charge in [-0.15, -0.1) is 0 Å². The van der Waals surface area contributed by atoms with Crippen molar-refractivity contribution in [2.45, 2.75) is 6.92 Å². The summed E-state index contributed by atoms with van der Waals surface area (Å²) in [5.74, 6) is 0.801. The SMILES string of the molecule is CCNc1cc([N+](=O)[O-])cc(Nc2cccc(Cl)c2Br)n1. The van der Waals surface area contributed by atoms with Gasteiger partial charge in [0.1, 0.15) is 11.6 Å². The Morgan fingerprint density at radius 1 is 1.38 bits per heavy atom. The second-order valence-electron chi connectivity index (χ2n) is 4.11. The Hall–Kier alpha value is -1.86. The number of nitrogens with one attached hydrogen (secondary N) is 2. The lowest BCUT2D eigenvalue weighted by Crippen LogP contribution is -2.03. The van der Waals surface area contributed by atoms with Gasteiger partial charge in [0.05, 0.1) is 32.2 Å². The lowest BCUT2D eigenvalue weighted by molar-refractivity contribution is -0.384. The topological polar surface area (TPSA) is 80.1 Å². The van der Waals surface area contributed by atoms with Crippen LogP contribution in [0.4, 0.5) is 23.0 Å². The number of pyridine rings is 1. The van der Waals surface area contributed by atoms with Crippen molar-refractivity contribution in [3.8, 4) is 0 Å². The van der Waals surface area contributed by atoms with Gasteiger partial charge in [-0.2, -0.15) is 0 Å². The normalized spacial score (nSPS) is 10.2. The molecule has 2 rings (SSSR count). The molecule has 0 bridgehead atoms. The first-order chi connectivity index (χ1) is 10.0. The van der Waals surface area contributed by atoms with Crippen LogP contribution in [-0.2, 0) is 0 Å². The molecule has 2 aromatic rings. The third-order valence-corrected chi connectivity index (χ3v) is 3.99. The third kappa shape index (κ3) is 3.83. The summed E-state index contributed by atoms with van der Waals surface area (Å²) in [6.45, 7) is 2.51. The van der Waals surface area contributed by atoms with Crippen molar-refractivity contribution in [1.82, 2.24) is 4.98 Å². The van der Waals surface area contributed by atoms with Gasteiger partial charge in [-0.3, -0.25) is 10.1 Å². The zero-order chi connectivity index (χ0) is 15.4. The first-order valence-electron chi connectivity index (χ1n) is 6.12. The number of hydrogen-bond donors (Lipinski definition) is 2. The first kappa shape index (κ1) is 15.5. The molecule has 0 aliphatic heterocycles. The van der Waals surface area contributed by atoms with Crippen LogP contribution >= 0.6 is 27.5 Å². The molecule has 0 radical (unpaired) electrons. The van der Waals surface area contributed by atoms with Crippen molar-refractivity contribution < 1.29 is 4.92 Å². The maximum absolute atomic E-state index is 11.0. The Morgan fingerprint density at radius 2 is 2.10 bits per heavy atom. The number of aromatic nitrogens is 1. The van der Waals surface area contributed by atoms with Crippen LogP contribution < -0.4 is 10.6 Å². The summed E-state index contributed by atoms with van der Waals surface area (Å²) in [5, 5.41) is 17.5. The lowest BCUT2D eigenvalue weighted by atomic mass is 10.3. The zero-order valence-corrected chi connectivity index (χ0v) is 13.4. The Labute approximate surface area is 134 Å². The molecule has 1 aromatic carbocycles. The fourth-order valence-corrected chi connectivity index (χ4v) is 2.23. The monoisotopic (exact) mass is 370 g/mol. The van der Waals surface area contributed by atoms with E-state index in [1.165, 1.54) is 12.1 Å². The van der Waals surface area contributed by atoms with Crippen LogP contribution in [-0.4, -0.2) is 16.5 Å². The molecule has 2 N–H and O–H groups in total. The highest BCUT2D eigenvalue weighted by molar-refractivity contribution is 9.10. The van der Waals surface area contributed by atoms with Gasteiger partial charge in [0.2, 0.25) is 0 Å². The molecule has 6 nitrogen and oxygen atoms in total. The van der Waals surface area contributed by atoms with Gasteiger partial charge >= 0.3 is 0 Å². The summed E-state index contributed by atoms with van der Waals surface area (Å²) in [5.41, 5.74) is 0.638. The van der Waals surface area contributed by atoms with Crippen molar-refractivity contribution in [3.63, 3.8) is 0 Å². The van der Waals surface area contributed by atoms with E-state index in [4.69, 9.17) is 11.6 Å². The van der Waals surface area contributed by atoms with Gasteiger partial charge in [0.25, 0.3) is 5.69 Å². The van der Waals surface area contributed by atoms with E-state index in [1.807, 2.05) is 6.92 Å². The highest BCUT2D eigenvalue weighted by Gasteiger charge is 2.12. The van der Waals surface area contributed by atoms with Gasteiger partial charge in [0.15, 0.2) is 0 Å². The minimum Gasteiger partial charge on any atom is -0.370 e. The zero-order valence-electron chi connectivity index (χ0n) is 11.1. The number of anilines is 3. The van der Waals surface area contributed by atoms with Crippen LogP contribution in [0.3, 0.4) is 0 Å². The summed E-state index contributed by atoms with van der Waals surface area (Å²) in [6.07, 6.45) is 0. The van der Waals surface area contributed by atoms with E-state index in [0.717, 1.165) is 0 Å². The van der Waals surface area contributed by atoms with Gasteiger partial charge in [-0.25, -0.2) is 4.98 Å². The molecule has 0 fully saturated rings. The van der Waals surface area contributed by atoms with E-state index < -0.39 is 4.92 Å². The Morgan fingerprint density at radius 3 is 2.76 bits per heavy atom. The first-order valence-corrected chi connectivity index (χ1v) is 7.29. The largest absolute Gasteiger partial charge is 0.370 e. The highest BCUT2D eigenvalue weighted by Crippen LogP contribution is 2.32. The van der Waals surface area contributed by atoms with Gasteiger partial charge in [-0.05, 0) is 35.0 Å². The molecule has 0 amide bonds. The predicted octanol–water partition coefficient (Wildman–Crippen LogP) is 4.58. The summed E-state index contributed by atoms with van der Waals surface area (Å²) in [4.78, 5) is 14.8. The van der Waals surface area contributed by atoms with Gasteiger partial charge in [-0.1, -0.05) is 17.7 Å². The summed E-state index contributed by atoms with van der Waals surface area (Å²) in [6, 6.07) is 8.07. The van der Waals surface area contributed by atoms with E-state index in [1.54, 1.807) is 18.2 Å². The van der Waals surface area contributed by atoms with Crippen LogP contribution in [0.5, 0.6) is 0 Å². The van der Waals surface area contributed by atoms with Gasteiger partial charge < -0.3 is 10.6 Å². The fraction of sp³-hybridized carbons (Fsp3) is 0.154. The van der Waals surface area contributed by atoms with Crippen LogP contribution in [0.25, 0.3) is 0 Å². The van der Waals surface area contributed by atoms with Crippen LogP contribution in [0.15, 0.2) is 34.8 Å². The molecule has 0 aliphatic carbocycles. The van der Waals surface area contributed by atoms with Crippen molar-refractivity contribution in [3.05, 3.63) is 49.9 Å². The Bertz CT molecular complexity index is 681. The highest BCUT2D eigenvalue weighted by atomic mass is 79.9. The number of rotatable bonds is 5. The Kier molecular flexibility index (Phi) is 4.98. The third-order valence-electron chi connectivity index (χ3n) is 2.59. The van der Waals surface area contributed by atoms with E-state index >= 15 is 0 Å². The molecule has 0 spiro atoms. The van der Waals surface area contributed by atoms with E-state index in [2.05, 4.69) is 31.5 Å². The number of halogens is 2. The summed E-state index contributed by atoms with van der Waals surface area (Å²) < 4.78 is 0.671. The Balaban J connectivity index is 2.38. The molecule has 1 heterocycles. The van der Waals surface area contributed by atoms with Crippen molar-refractivity contribution >= 4 is 50.5 Å². The number of benzene rings is 1. The smallest absolute Gasteiger partial charge is 0.276 e. The standard InChI is InChI=1S/C13H12BrClN4O2/c1-2-16-11-6-8(19(20)21)7-12(18-11)17-10-5-3-4-9(15)13(10)14/h3-7H,2H2,1H3,(H2,16,17,18). The number of nitrogens with zero attached hydrogens (tertiary/aromatic N) is 2. The molecule has 21 heavy (non-hydrogen) atoms. The summed E-state index contributed by atoms with van der Waals surface area (Å²) in [7, 11) is 0. The number of hydrogen-bond acceptors (Lipinski definition) is 5. The van der Waals surface area contributed by atoms with Gasteiger partial charge in [0, 0.05) is 6.54 Å². The van der Waals surface area contributed by atoms with Crippen LogP contribution in [0.1, 0.15) is 6.92 Å². The average Bonchev–Trinajstić information content (AvgIpc) is 2.44. The molecule has 8 heteroatoms. The second kappa shape index (κ2) is 6.73. The molecule has 0 saturated carbocycles. The number of nitro groups is 1. The van der Waals surface area contributed by atoms with Crippen LogP contribution in [0, 0.1) is 10.1 Å². The molecule has 110 valence electrons. The quantitative estimate of drug-likeness (QED) is 0.594. The van der Waals surface area contributed by atoms with E-state index in [-0.39, 0.29) is 5.69 Å². The maximum Gasteiger partial charge on any atom is 0.276 e. The van der Waals surface area contributed by atoms with Crippen LogP contribution in [0.2, 0.25) is 5.02 Å². The molecule has 0 aliphatic rings. The molecular formula is C13H12BrClN4O2. The minimum absolute atomic E-state index is 0.0402. The van der Waals surface area contributed by atoms with Crippen molar-refractivity contribution in [2.24, 2.45) is 0 Å². The maximum atomic E-state index is 11.0. The average molecular weight is 372 g/mol. The predicted molar refractivity (Wildman–Crippen MR) is 87.5 cm³/mol. The van der Waals surface area contributed by atoms with E-state index in [0.29, 0.717) is 33.4 Å². The molecular weight excluding hydrogens is 360 g/mol. The molecule has 0 saturated heterocycles. The molecule has 0 unspecified atom stereocenters. The second-order valence-corrected chi connectivity index (χ2v) is 5.31. The summed E-state index contributed by atoms with van der Waals surface area (Å²) >= 11 is 9.38. The van der Waals surface area contributed by atoms with Crippen molar-refractivity contribution in [2.75, 3.05) is 17.2 Å². The molecule has 1 aromatic heterocycles. The minimum atomic E-state index is -0.458. The fourth-order valence-electron chi connectivity index (χ4n) is 1.70.